The van der Waals surface area contributed by atoms with Crippen molar-refractivity contribution < 1.29 is 48.1 Å². The second-order valence-electron chi connectivity index (χ2n) is 11.5. The van der Waals surface area contributed by atoms with Crippen LogP contribution in [0.25, 0.3) is 11.2 Å². The molecule has 3 heterocycles. The SMILES string of the molecule is CCCCC/C=C\C/C=C\CCCCCCCC(=O)Nc1nc(Cl)nc2c1ncn2[C@@H]1O[C@H](COP(=O)(O)CP(=O)(O)O)C(O)C1O. The van der Waals surface area contributed by atoms with Crippen molar-refractivity contribution in [2.45, 2.75) is 109 Å². The van der Waals surface area contributed by atoms with E-state index in [4.69, 9.17) is 30.6 Å². The van der Waals surface area contributed by atoms with E-state index >= 15 is 0 Å². The van der Waals surface area contributed by atoms with E-state index in [1.807, 2.05) is 0 Å². The number of amides is 1. The van der Waals surface area contributed by atoms with Gasteiger partial charge in [0, 0.05) is 6.42 Å². The summed E-state index contributed by atoms with van der Waals surface area (Å²) < 4.78 is 34.7. The zero-order valence-corrected chi connectivity index (χ0v) is 29.0. The lowest BCUT2D eigenvalue weighted by Crippen LogP contribution is -2.33. The lowest BCUT2D eigenvalue weighted by atomic mass is 10.1. The number of carbonyl (C=O) groups is 1. The van der Waals surface area contributed by atoms with Crippen LogP contribution in [0.4, 0.5) is 5.82 Å². The Balaban J connectivity index is 1.45. The Morgan fingerprint density at radius 2 is 1.66 bits per heavy atom. The van der Waals surface area contributed by atoms with E-state index in [-0.39, 0.29) is 34.6 Å². The van der Waals surface area contributed by atoms with Gasteiger partial charge in [-0.15, -0.1) is 0 Å². The standard InChI is InChI=1S/C29H46ClN5O10P2/c1-2-3-4-5-6-7-8-9-10-11-12-13-14-15-16-17-22(36)32-26-23-27(34-29(30)33-26)35(19-31-23)28-25(38)24(37)21(45-28)18-44-47(42,43)20-46(39,40)41/h6-7,9-10,19,21,24-25,28,37-38H,2-5,8,11-18,20H2,1H3,(H,42,43)(H2,39,40,41)(H,32,33,34,36)/b7-6-,10-9-/t21-,24?,25?,28-/m1/s1. The van der Waals surface area contributed by atoms with Gasteiger partial charge in [-0.3, -0.25) is 18.5 Å². The first-order chi connectivity index (χ1) is 22.3. The predicted molar refractivity (Wildman–Crippen MR) is 177 cm³/mol. The summed E-state index contributed by atoms with van der Waals surface area (Å²) in [5.41, 5.74) is 0.221. The number of ether oxygens (including phenoxy) is 1. The number of hydrogen-bond donors (Lipinski definition) is 6. The molecule has 47 heavy (non-hydrogen) atoms. The third-order valence-electron chi connectivity index (χ3n) is 7.42. The van der Waals surface area contributed by atoms with Gasteiger partial charge in [-0.2, -0.15) is 9.97 Å². The van der Waals surface area contributed by atoms with E-state index in [1.165, 1.54) is 30.2 Å². The first-order valence-electron chi connectivity index (χ1n) is 15.8. The summed E-state index contributed by atoms with van der Waals surface area (Å²) in [5, 5.41) is 23.6. The van der Waals surface area contributed by atoms with Crippen LogP contribution in [0.5, 0.6) is 0 Å². The maximum absolute atomic E-state index is 12.7. The topological polar surface area (TPSA) is 226 Å². The number of aromatic nitrogens is 4. The highest BCUT2D eigenvalue weighted by Gasteiger charge is 2.45. The lowest BCUT2D eigenvalue weighted by Gasteiger charge is -2.18. The summed E-state index contributed by atoms with van der Waals surface area (Å²) in [6.45, 7) is 1.46. The molecule has 2 aromatic rings. The second kappa shape index (κ2) is 19.2. The van der Waals surface area contributed by atoms with Crippen molar-refractivity contribution in [3.8, 4) is 0 Å². The number of anilines is 1. The number of aliphatic hydroxyl groups excluding tert-OH is 2. The van der Waals surface area contributed by atoms with Gasteiger partial charge >= 0.3 is 15.2 Å². The summed E-state index contributed by atoms with van der Waals surface area (Å²) in [6, 6.07) is 0. The molecule has 1 saturated heterocycles. The van der Waals surface area contributed by atoms with Crippen LogP contribution in [-0.4, -0.2) is 81.1 Å². The van der Waals surface area contributed by atoms with Crippen molar-refractivity contribution in [2.24, 2.45) is 0 Å². The van der Waals surface area contributed by atoms with Crippen LogP contribution in [0.15, 0.2) is 30.6 Å². The van der Waals surface area contributed by atoms with Crippen molar-refractivity contribution in [2.75, 3.05) is 17.8 Å². The molecule has 0 spiro atoms. The average molecular weight is 722 g/mol. The second-order valence-corrected chi connectivity index (χ2v) is 15.8. The smallest absolute Gasteiger partial charge is 0.340 e. The maximum Gasteiger partial charge on any atom is 0.340 e. The van der Waals surface area contributed by atoms with Crippen LogP contribution < -0.4 is 5.32 Å². The molecule has 0 bridgehead atoms. The molecule has 3 unspecified atom stereocenters. The van der Waals surface area contributed by atoms with E-state index < -0.39 is 52.2 Å². The lowest BCUT2D eigenvalue weighted by molar-refractivity contribution is -0.116. The summed E-state index contributed by atoms with van der Waals surface area (Å²) in [6.07, 6.45) is 16.3. The summed E-state index contributed by atoms with van der Waals surface area (Å²) in [4.78, 5) is 52.7. The Bertz CT molecular complexity index is 1450. The predicted octanol–water partition coefficient (Wildman–Crippen LogP) is 5.19. The third kappa shape index (κ3) is 13.4. The van der Waals surface area contributed by atoms with Crippen molar-refractivity contribution in [3.63, 3.8) is 0 Å². The highest BCUT2D eigenvalue weighted by atomic mass is 35.5. The van der Waals surface area contributed by atoms with Crippen molar-refractivity contribution in [1.29, 1.82) is 0 Å². The van der Waals surface area contributed by atoms with Gasteiger partial charge in [-0.25, -0.2) is 4.98 Å². The molecule has 6 N–H and O–H groups in total. The molecular formula is C29H46ClN5O10P2. The quantitative estimate of drug-likeness (QED) is 0.0423. The number of halogens is 1. The molecular weight excluding hydrogens is 676 g/mol. The molecule has 2 aromatic heterocycles. The number of rotatable bonds is 21. The molecule has 264 valence electrons. The summed E-state index contributed by atoms with van der Waals surface area (Å²) in [7, 11) is -9.58. The Morgan fingerprint density at radius 3 is 2.34 bits per heavy atom. The van der Waals surface area contributed by atoms with Gasteiger partial charge in [-0.1, -0.05) is 63.3 Å². The van der Waals surface area contributed by atoms with Gasteiger partial charge in [-0.05, 0) is 50.1 Å². The fourth-order valence-electron chi connectivity index (χ4n) is 5.02. The van der Waals surface area contributed by atoms with Crippen LogP contribution in [0.3, 0.4) is 0 Å². The fourth-order valence-corrected chi connectivity index (χ4v) is 7.75. The van der Waals surface area contributed by atoms with E-state index in [0.717, 1.165) is 44.9 Å². The highest BCUT2D eigenvalue weighted by molar-refractivity contribution is 7.70. The zero-order chi connectivity index (χ0) is 34.5. The first-order valence-corrected chi connectivity index (χ1v) is 19.8. The molecule has 5 atom stereocenters. The number of aliphatic hydroxyl groups is 2. The number of fused-ring (bicyclic) bond motifs is 1. The van der Waals surface area contributed by atoms with Crippen molar-refractivity contribution >= 4 is 49.7 Å². The normalized spacial score (nSPS) is 21.7. The summed E-state index contributed by atoms with van der Waals surface area (Å²) in [5.74, 6) is -1.65. The van der Waals surface area contributed by atoms with Gasteiger partial charge < -0.3 is 39.5 Å². The number of nitrogens with one attached hydrogen (secondary N) is 1. The van der Waals surface area contributed by atoms with Crippen LogP contribution in [-0.2, 0) is 23.2 Å². The van der Waals surface area contributed by atoms with Crippen molar-refractivity contribution in [3.05, 3.63) is 35.9 Å². The fraction of sp³-hybridized carbons (Fsp3) is 0.655. The van der Waals surface area contributed by atoms with Crippen LogP contribution in [0, 0.1) is 0 Å². The Hall–Kier alpha value is -2.03. The molecule has 0 aliphatic carbocycles. The summed E-state index contributed by atoms with van der Waals surface area (Å²) >= 11 is 6.12. The highest BCUT2D eigenvalue weighted by Crippen LogP contribution is 2.55. The van der Waals surface area contributed by atoms with Crippen LogP contribution in [0.2, 0.25) is 5.28 Å². The molecule has 1 amide bonds. The largest absolute Gasteiger partial charge is 0.387 e. The molecule has 0 aromatic carbocycles. The molecule has 3 rings (SSSR count). The number of carbonyl (C=O) groups excluding carboxylic acids is 1. The Morgan fingerprint density at radius 1 is 1.00 bits per heavy atom. The Kier molecular flexibility index (Phi) is 16.1. The number of nitrogens with zero attached hydrogens (tertiary/aromatic N) is 4. The van der Waals surface area contributed by atoms with Gasteiger partial charge in [0.05, 0.1) is 12.9 Å². The van der Waals surface area contributed by atoms with E-state index in [9.17, 15) is 29.0 Å². The number of imidazole rings is 1. The average Bonchev–Trinajstić information content (AvgIpc) is 3.52. The molecule has 0 saturated carbocycles. The monoisotopic (exact) mass is 721 g/mol. The van der Waals surface area contributed by atoms with Crippen molar-refractivity contribution in [1.82, 2.24) is 19.5 Å². The van der Waals surface area contributed by atoms with E-state index in [0.29, 0.717) is 6.42 Å². The molecule has 1 aliphatic heterocycles. The molecule has 1 aliphatic rings. The third-order valence-corrected chi connectivity index (χ3v) is 11.0. The zero-order valence-electron chi connectivity index (χ0n) is 26.4. The number of hydrogen-bond acceptors (Lipinski definition) is 10. The molecule has 15 nitrogen and oxygen atoms in total. The van der Waals surface area contributed by atoms with Gasteiger partial charge in [0.25, 0.3) is 0 Å². The van der Waals surface area contributed by atoms with Crippen LogP contribution in [0.1, 0.15) is 90.2 Å². The Labute approximate surface area is 279 Å². The minimum absolute atomic E-state index is 0.0536. The molecule has 0 radical (unpaired) electrons. The maximum atomic E-state index is 12.7. The van der Waals surface area contributed by atoms with Gasteiger partial charge in [0.15, 0.2) is 29.1 Å². The minimum atomic E-state index is -4.86. The van der Waals surface area contributed by atoms with E-state index in [1.54, 1.807) is 0 Å². The minimum Gasteiger partial charge on any atom is -0.387 e. The van der Waals surface area contributed by atoms with E-state index in [2.05, 4.69) is 51.5 Å². The number of unbranched alkanes of at least 4 members (excludes halogenated alkanes) is 8. The van der Waals surface area contributed by atoms with Gasteiger partial charge in [0.2, 0.25) is 11.2 Å². The van der Waals surface area contributed by atoms with Gasteiger partial charge in [0.1, 0.15) is 18.3 Å². The molecule has 18 heteroatoms. The van der Waals surface area contributed by atoms with Crippen LogP contribution >= 0.6 is 26.8 Å². The molecule has 1 fully saturated rings. The first kappa shape index (κ1) is 39.4. The number of allylic oxidation sites excluding steroid dienone is 4.